The molecule has 0 radical (unpaired) electrons. The first kappa shape index (κ1) is 57.5. The van der Waals surface area contributed by atoms with Gasteiger partial charge in [-0.3, -0.25) is 9.59 Å². The SMILES string of the molecule is CC/C=C/C/C=C/C/C=C/C/C=C/C/C=C/C/C=C/CCC(=O)OC(COCCC(C(=O)[O-])[N+](C)(C)C)COC(=O)CCCCCCC/C=C/CCCCCCCCCCC. The van der Waals surface area contributed by atoms with Crippen molar-refractivity contribution in [3.05, 3.63) is 85.1 Å². The summed E-state index contributed by atoms with van der Waals surface area (Å²) in [6, 6.07) is -0.744. The molecular weight excluding hydrogens is 763 g/mol. The van der Waals surface area contributed by atoms with Crippen LogP contribution in [0.25, 0.3) is 0 Å². The molecule has 0 aromatic rings. The van der Waals surface area contributed by atoms with Gasteiger partial charge in [0, 0.05) is 19.3 Å². The molecule has 0 aromatic heterocycles. The predicted molar refractivity (Wildman–Crippen MR) is 254 cm³/mol. The molecule has 0 fully saturated rings. The van der Waals surface area contributed by atoms with Crippen LogP contribution in [0.15, 0.2) is 85.1 Å². The molecule has 8 nitrogen and oxygen atoms in total. The fraction of sp³-hybridized carbons (Fsp3) is 0.679. The van der Waals surface area contributed by atoms with Crippen LogP contribution in [0.1, 0.15) is 181 Å². The molecule has 0 bridgehead atoms. The average molecular weight is 852 g/mol. The van der Waals surface area contributed by atoms with Crippen molar-refractivity contribution in [3.63, 3.8) is 0 Å². The number of rotatable bonds is 42. The Morgan fingerprint density at radius 2 is 0.951 bits per heavy atom. The molecule has 0 rings (SSSR count). The van der Waals surface area contributed by atoms with E-state index in [4.69, 9.17) is 14.2 Å². The third-order valence-corrected chi connectivity index (χ3v) is 10.3. The maximum absolute atomic E-state index is 12.7. The highest BCUT2D eigenvalue weighted by molar-refractivity contribution is 5.70. The third-order valence-electron chi connectivity index (χ3n) is 10.3. The van der Waals surface area contributed by atoms with Gasteiger partial charge < -0.3 is 28.6 Å². The Hall–Kier alpha value is -3.49. The summed E-state index contributed by atoms with van der Waals surface area (Å²) in [4.78, 5) is 36.9. The number of hydrogen-bond donors (Lipinski definition) is 0. The van der Waals surface area contributed by atoms with Gasteiger partial charge >= 0.3 is 11.9 Å². The zero-order valence-electron chi connectivity index (χ0n) is 39.5. The minimum atomic E-state index is -1.14. The second-order valence-corrected chi connectivity index (χ2v) is 17.0. The maximum Gasteiger partial charge on any atom is 0.306 e. The molecule has 2 unspecified atom stereocenters. The number of likely N-dealkylation sites (N-methyl/N-ethyl adjacent to an activating group) is 1. The van der Waals surface area contributed by atoms with Gasteiger partial charge in [-0.1, -0.05) is 170 Å². The third kappa shape index (κ3) is 41.6. The quantitative estimate of drug-likeness (QED) is 0.0261. The molecule has 0 saturated heterocycles. The van der Waals surface area contributed by atoms with Gasteiger partial charge in [0.1, 0.15) is 12.6 Å². The summed E-state index contributed by atoms with van der Waals surface area (Å²) < 4.78 is 17.1. The molecule has 0 spiro atoms. The van der Waals surface area contributed by atoms with Crippen molar-refractivity contribution < 1.29 is 38.2 Å². The summed E-state index contributed by atoms with van der Waals surface area (Å²) >= 11 is 0. The molecule has 0 saturated carbocycles. The van der Waals surface area contributed by atoms with Gasteiger partial charge in [0.25, 0.3) is 0 Å². The first-order chi connectivity index (χ1) is 29.6. The predicted octanol–water partition coefficient (Wildman–Crippen LogP) is 12.4. The fourth-order valence-electron chi connectivity index (χ4n) is 6.56. The van der Waals surface area contributed by atoms with E-state index in [1.54, 1.807) is 21.1 Å². The van der Waals surface area contributed by atoms with E-state index in [1.807, 2.05) is 12.2 Å². The molecule has 8 heteroatoms. The Kier molecular flexibility index (Phi) is 40.7. The number of quaternary nitrogens is 1. The number of carbonyl (C=O) groups excluding carboxylic acids is 3. The number of hydrogen-bond acceptors (Lipinski definition) is 7. The summed E-state index contributed by atoms with van der Waals surface area (Å²) in [5, 5.41) is 11.6. The van der Waals surface area contributed by atoms with Crippen molar-refractivity contribution in [1.29, 1.82) is 0 Å². The molecule has 0 amide bonds. The number of carbonyl (C=O) groups is 3. The van der Waals surface area contributed by atoms with Gasteiger partial charge in [-0.2, -0.15) is 0 Å². The van der Waals surface area contributed by atoms with Crippen molar-refractivity contribution in [2.45, 2.75) is 193 Å². The van der Waals surface area contributed by atoms with Crippen molar-refractivity contribution in [2.75, 3.05) is 41.0 Å². The van der Waals surface area contributed by atoms with Crippen molar-refractivity contribution in [3.8, 4) is 0 Å². The number of allylic oxidation sites excluding steroid dienone is 14. The molecule has 0 aliphatic rings. The van der Waals surface area contributed by atoms with Crippen molar-refractivity contribution in [1.82, 2.24) is 0 Å². The van der Waals surface area contributed by atoms with E-state index in [9.17, 15) is 19.5 Å². The highest BCUT2D eigenvalue weighted by Gasteiger charge is 2.25. The van der Waals surface area contributed by atoms with Crippen molar-refractivity contribution >= 4 is 17.9 Å². The fourth-order valence-corrected chi connectivity index (χ4v) is 6.56. The van der Waals surface area contributed by atoms with Crippen LogP contribution in [0.5, 0.6) is 0 Å². The van der Waals surface area contributed by atoms with Crippen LogP contribution in [-0.2, 0) is 28.6 Å². The molecular formula is C53H89NO7. The summed E-state index contributed by atoms with van der Waals surface area (Å²) in [5.74, 6) is -1.86. The zero-order chi connectivity index (χ0) is 44.9. The van der Waals surface area contributed by atoms with Crippen LogP contribution in [-0.4, -0.2) is 75.5 Å². The summed E-state index contributed by atoms with van der Waals surface area (Å²) in [6.45, 7) is 4.45. The molecule has 348 valence electrons. The Morgan fingerprint density at radius 3 is 1.43 bits per heavy atom. The van der Waals surface area contributed by atoms with E-state index in [0.717, 1.165) is 70.6 Å². The second kappa shape index (κ2) is 43.2. The lowest BCUT2D eigenvalue weighted by atomic mass is 10.1. The molecule has 0 aromatic carbocycles. The van der Waals surface area contributed by atoms with Crippen LogP contribution in [0, 0.1) is 0 Å². The van der Waals surface area contributed by atoms with Crippen LogP contribution in [0.4, 0.5) is 0 Å². The summed E-state index contributed by atoms with van der Waals surface area (Å²) in [5.41, 5.74) is 0. The Balaban J connectivity index is 4.44. The van der Waals surface area contributed by atoms with E-state index < -0.39 is 24.1 Å². The van der Waals surface area contributed by atoms with E-state index in [2.05, 4.69) is 86.8 Å². The summed E-state index contributed by atoms with van der Waals surface area (Å²) in [7, 11) is 5.38. The Labute approximate surface area is 373 Å². The molecule has 61 heavy (non-hydrogen) atoms. The number of aliphatic carboxylic acids is 1. The summed E-state index contributed by atoms with van der Waals surface area (Å²) in [6.07, 6.45) is 56.3. The van der Waals surface area contributed by atoms with Crippen LogP contribution in [0.2, 0.25) is 0 Å². The lowest BCUT2D eigenvalue weighted by Gasteiger charge is -2.34. The monoisotopic (exact) mass is 852 g/mol. The van der Waals surface area contributed by atoms with Crippen molar-refractivity contribution in [2.24, 2.45) is 0 Å². The van der Waals surface area contributed by atoms with E-state index in [-0.39, 0.29) is 43.1 Å². The molecule has 2 atom stereocenters. The molecule has 0 aliphatic heterocycles. The number of unbranched alkanes of at least 4 members (excludes halogenated alkanes) is 14. The molecule has 0 aliphatic carbocycles. The lowest BCUT2D eigenvalue weighted by Crippen LogP contribution is -2.55. The number of ether oxygens (including phenoxy) is 3. The minimum absolute atomic E-state index is 0.00345. The number of nitrogens with zero attached hydrogens (tertiary/aromatic N) is 1. The normalized spacial score (nSPS) is 13.7. The van der Waals surface area contributed by atoms with Crippen LogP contribution < -0.4 is 5.11 Å². The average Bonchev–Trinajstić information content (AvgIpc) is 3.22. The van der Waals surface area contributed by atoms with Gasteiger partial charge in [0.15, 0.2) is 6.10 Å². The topological polar surface area (TPSA) is 102 Å². The second-order valence-electron chi connectivity index (χ2n) is 17.0. The first-order valence-corrected chi connectivity index (χ1v) is 24.1. The highest BCUT2D eigenvalue weighted by Crippen LogP contribution is 2.13. The van der Waals surface area contributed by atoms with Gasteiger partial charge in [0.2, 0.25) is 0 Å². The largest absolute Gasteiger partial charge is 0.544 e. The van der Waals surface area contributed by atoms with Gasteiger partial charge in [-0.05, 0) is 77.0 Å². The van der Waals surface area contributed by atoms with Crippen LogP contribution >= 0.6 is 0 Å². The van der Waals surface area contributed by atoms with E-state index >= 15 is 0 Å². The van der Waals surface area contributed by atoms with E-state index in [1.165, 1.54) is 70.6 Å². The standard InChI is InChI=1S/C53H89NO7/c1-6-8-10-12-14-16-18-20-22-24-26-28-30-32-34-36-38-40-42-44-52(56)61-49(47-59-46-45-50(53(57)58)54(3,4)5)48-60-51(55)43-41-39-37-35-33-31-29-27-25-23-21-19-17-15-13-11-9-7-2/h8,10,14,16,20,22,26-29,32,34,38,40,49-50H,6-7,9,11-13,15,17-19,21,23-25,30-31,33,35-37,39,41-48H2,1-5H3/b10-8+,16-14+,22-20+,28-26+,29-27+,34-32+,40-38+. The van der Waals surface area contributed by atoms with E-state index in [0.29, 0.717) is 12.8 Å². The molecule has 0 N–H and O–H groups in total. The van der Waals surface area contributed by atoms with Gasteiger partial charge in [0.05, 0.1) is 40.3 Å². The van der Waals surface area contributed by atoms with Gasteiger partial charge in [-0.15, -0.1) is 0 Å². The minimum Gasteiger partial charge on any atom is -0.544 e. The maximum atomic E-state index is 12.7. The number of esters is 2. The highest BCUT2D eigenvalue weighted by atomic mass is 16.6. The van der Waals surface area contributed by atoms with Crippen LogP contribution in [0.3, 0.4) is 0 Å². The smallest absolute Gasteiger partial charge is 0.306 e. The lowest BCUT2D eigenvalue weighted by molar-refractivity contribution is -0.889. The Morgan fingerprint density at radius 1 is 0.508 bits per heavy atom. The molecule has 0 heterocycles. The number of carboxylic acid groups (broad SMARTS) is 1. The number of carboxylic acids is 1. The zero-order valence-corrected chi connectivity index (χ0v) is 39.5. The first-order valence-electron chi connectivity index (χ1n) is 24.1. The van der Waals surface area contributed by atoms with Gasteiger partial charge in [-0.25, -0.2) is 0 Å². The Bertz CT molecular complexity index is 1270.